The fourth-order valence-electron chi connectivity index (χ4n) is 16.2. The van der Waals surface area contributed by atoms with Gasteiger partial charge < -0.3 is 38.7 Å². The van der Waals surface area contributed by atoms with Crippen LogP contribution in [0.1, 0.15) is 171 Å². The molecular formula is C68H76O11. The van der Waals surface area contributed by atoms with Gasteiger partial charge in [0.05, 0.1) is 25.4 Å². The summed E-state index contributed by atoms with van der Waals surface area (Å²) in [5.41, 5.74) is 7.34. The van der Waals surface area contributed by atoms with Gasteiger partial charge in [0.2, 0.25) is 0 Å². The van der Waals surface area contributed by atoms with Gasteiger partial charge in [-0.2, -0.15) is 0 Å². The molecule has 79 heavy (non-hydrogen) atoms. The van der Waals surface area contributed by atoms with E-state index in [9.17, 15) is 20.1 Å². The van der Waals surface area contributed by atoms with Crippen molar-refractivity contribution < 1.29 is 48.3 Å². The number of esters is 2. The lowest BCUT2D eigenvalue weighted by atomic mass is 9.54. The molecule has 11 atom stereocenters. The summed E-state index contributed by atoms with van der Waals surface area (Å²) in [5.74, 6) is -1.13. The molecule has 3 N–H and O–H groups in total. The molecule has 4 heterocycles. The van der Waals surface area contributed by atoms with Gasteiger partial charge >= 0.3 is 17.6 Å². The number of ether oxygens (including phenoxy) is 4. The van der Waals surface area contributed by atoms with Gasteiger partial charge in [0, 0.05) is 72.2 Å². The van der Waals surface area contributed by atoms with Gasteiger partial charge in [-0.15, -0.1) is 0 Å². The van der Waals surface area contributed by atoms with Crippen LogP contribution in [0.4, 0.5) is 0 Å². The van der Waals surface area contributed by atoms with Crippen LogP contribution < -0.4 is 10.4 Å². The van der Waals surface area contributed by atoms with Crippen LogP contribution in [0.3, 0.4) is 0 Å². The maximum atomic E-state index is 15.6. The topological polar surface area (TPSA) is 162 Å². The molecule has 3 aliphatic heterocycles. The number of benzene rings is 4. The quantitative estimate of drug-likeness (QED) is 0.0557. The van der Waals surface area contributed by atoms with Crippen molar-refractivity contribution in [2.24, 2.45) is 23.7 Å². The predicted octanol–water partition coefficient (Wildman–Crippen LogP) is 12.0. The number of carbonyl (C=O) groups is 2. The molecule has 0 unspecified atom stereocenters. The van der Waals surface area contributed by atoms with E-state index in [1.54, 1.807) is 19.1 Å². The zero-order valence-electron chi connectivity index (χ0n) is 45.8. The normalized spacial score (nSPS) is 30.4. The van der Waals surface area contributed by atoms with E-state index in [4.69, 9.17) is 23.4 Å². The smallest absolute Gasteiger partial charge is 0.340 e. The van der Waals surface area contributed by atoms with Gasteiger partial charge in [-0.3, -0.25) is 4.79 Å². The average molecular weight is 1070 g/mol. The fourth-order valence-corrected chi connectivity index (χ4v) is 16.2. The van der Waals surface area contributed by atoms with E-state index in [1.165, 1.54) is 55.0 Å². The zero-order valence-corrected chi connectivity index (χ0v) is 45.8. The third-order valence-electron chi connectivity index (χ3n) is 20.0. The molecule has 1 aromatic heterocycles. The number of methoxy groups -OCH3 is 1. The lowest BCUT2D eigenvalue weighted by molar-refractivity contribution is -0.208. The molecule has 0 radical (unpaired) electrons. The Morgan fingerprint density at radius 3 is 2.48 bits per heavy atom. The number of aryl methyl sites for hydroxylation is 2. The van der Waals surface area contributed by atoms with E-state index in [1.807, 2.05) is 0 Å². The van der Waals surface area contributed by atoms with Gasteiger partial charge in [-0.25, -0.2) is 9.59 Å². The third kappa shape index (κ3) is 9.54. The second-order valence-corrected chi connectivity index (χ2v) is 24.0. The van der Waals surface area contributed by atoms with E-state index in [2.05, 4.69) is 97.1 Å². The van der Waals surface area contributed by atoms with Crippen molar-refractivity contribution in [2.75, 3.05) is 26.9 Å². The zero-order chi connectivity index (χ0) is 54.4. The number of rotatable bonds is 9. The maximum absolute atomic E-state index is 15.6. The van der Waals surface area contributed by atoms with Gasteiger partial charge in [0.15, 0.2) is 17.8 Å². The minimum Gasteiger partial charge on any atom is -0.482 e. The Bertz CT molecular complexity index is 3250. The molecule has 0 saturated heterocycles. The first-order chi connectivity index (χ1) is 38.6. The van der Waals surface area contributed by atoms with E-state index < -0.39 is 47.9 Å². The highest BCUT2D eigenvalue weighted by Gasteiger charge is 2.61. The minimum atomic E-state index is -1.32. The monoisotopic (exact) mass is 1070 g/mol. The van der Waals surface area contributed by atoms with Crippen LogP contribution in [0.15, 0.2) is 130 Å². The van der Waals surface area contributed by atoms with Crippen LogP contribution in [0, 0.1) is 23.7 Å². The van der Waals surface area contributed by atoms with Crippen LogP contribution in [0.5, 0.6) is 5.75 Å². The highest BCUT2D eigenvalue weighted by atomic mass is 16.6. The van der Waals surface area contributed by atoms with Crippen molar-refractivity contribution in [2.45, 2.75) is 157 Å². The molecule has 2 fully saturated rings. The molecule has 8 aliphatic rings. The van der Waals surface area contributed by atoms with E-state index >= 15 is 9.59 Å². The van der Waals surface area contributed by atoms with Gasteiger partial charge in [-0.1, -0.05) is 123 Å². The van der Waals surface area contributed by atoms with Gasteiger partial charge in [-0.05, 0) is 146 Å². The van der Waals surface area contributed by atoms with E-state index in [0.29, 0.717) is 53.0 Å². The SMILES string of the molecule is COC[C@@H](CCO)c1c(CO)c2ccc3c(c2oc1=O)[C@H]1OC(=O)C[C@H]2C[C@@H](c4cccc([C@@]56CCCC[C@@H]5CCc5ccccc56)c4)C=C[C@H]2c2ccc(cc2)CC/C(=C(\C)CO)C(=O)O[C@@H]1[C@@]1(CC=C[C@@H]2CCCC[C@H]21)O3. The first-order valence-corrected chi connectivity index (χ1v) is 29.4. The number of aliphatic hydroxyl groups excluding tert-OH is 3. The number of aliphatic hydroxyl groups is 3. The summed E-state index contributed by atoms with van der Waals surface area (Å²) in [6.45, 7) is 0.720. The van der Waals surface area contributed by atoms with Crippen LogP contribution >= 0.6 is 0 Å². The summed E-state index contributed by atoms with van der Waals surface area (Å²) in [5, 5.41) is 32.3. The van der Waals surface area contributed by atoms with Crippen molar-refractivity contribution in [3.63, 3.8) is 0 Å². The summed E-state index contributed by atoms with van der Waals surface area (Å²) in [6.07, 6.45) is 19.3. The summed E-state index contributed by atoms with van der Waals surface area (Å²) in [4.78, 5) is 45.4. The molecule has 11 heteroatoms. The first-order valence-electron chi connectivity index (χ1n) is 29.4. The molecule has 5 aliphatic carbocycles. The number of fused-ring (bicyclic) bond motifs is 16. The maximum Gasteiger partial charge on any atom is 0.340 e. The molecule has 2 bridgehead atoms. The van der Waals surface area contributed by atoms with Crippen LogP contribution in [0.2, 0.25) is 0 Å². The van der Waals surface area contributed by atoms with Crippen molar-refractivity contribution in [3.05, 3.63) is 181 Å². The highest BCUT2D eigenvalue weighted by molar-refractivity contribution is 5.90. The number of hydrogen-bond donors (Lipinski definition) is 3. The summed E-state index contributed by atoms with van der Waals surface area (Å²) in [6, 6.07) is 30.5. The van der Waals surface area contributed by atoms with Crippen LogP contribution in [-0.2, 0) is 48.7 Å². The van der Waals surface area contributed by atoms with Crippen LogP contribution in [0.25, 0.3) is 11.0 Å². The van der Waals surface area contributed by atoms with E-state index in [0.717, 1.165) is 49.7 Å². The first kappa shape index (κ1) is 53.5. The molecule has 2 saturated carbocycles. The molecule has 4 aromatic carbocycles. The minimum absolute atomic E-state index is 0.0197. The van der Waals surface area contributed by atoms with E-state index in [-0.39, 0.29) is 90.8 Å². The van der Waals surface area contributed by atoms with Crippen molar-refractivity contribution in [1.82, 2.24) is 0 Å². The molecule has 1 spiro atoms. The largest absolute Gasteiger partial charge is 0.482 e. The molecule has 11 nitrogen and oxygen atoms in total. The Morgan fingerprint density at radius 2 is 1.66 bits per heavy atom. The van der Waals surface area contributed by atoms with Crippen molar-refractivity contribution in [1.29, 1.82) is 0 Å². The average Bonchev–Trinajstić information content (AvgIpc) is 3.51. The molecule has 5 aromatic rings. The van der Waals surface area contributed by atoms with Gasteiger partial charge in [0.25, 0.3) is 0 Å². The summed E-state index contributed by atoms with van der Waals surface area (Å²) >= 11 is 0. The number of allylic oxidation sites excluding steroid dienone is 3. The Balaban J connectivity index is 0.995. The summed E-state index contributed by atoms with van der Waals surface area (Å²) in [7, 11) is 1.52. The Morgan fingerprint density at radius 1 is 0.823 bits per heavy atom. The third-order valence-corrected chi connectivity index (χ3v) is 20.0. The van der Waals surface area contributed by atoms with Crippen molar-refractivity contribution in [3.8, 4) is 5.75 Å². The Hall–Kier alpha value is -6.11. The highest BCUT2D eigenvalue weighted by Crippen LogP contribution is 2.58. The standard InChI is InChI=1S/C68H76O11/c1-41(38-70)52-27-21-42-19-22-43(23-20-42)53-28-25-47(46-13-9-16-51(36-46)67-32-8-7-15-50(67)26-24-45-12-3-5-17-56(45)67)35-49(53)37-59(72)76-63-61-58(79-68(64(63)78-65(52)73)33-10-14-44-11-4-6-18-57(44)68)30-29-54-55(39-71)60(66(74)77-62(54)61)48(31-34-69)40-75-2/h3,5,9-10,12-14,16-17,19-20,22-23,25,28-30,36,44,47-50,53,57,63-64,69-71H,4,6-8,11,15,18,21,24,26-27,31-35,37-40H2,1-2H3/b52-41-/t44-,47-,48+,49+,50+,53-,57+,63+,64-,67+,68-/m0/s1. The second kappa shape index (κ2) is 22.4. The second-order valence-electron chi connectivity index (χ2n) is 24.0. The van der Waals surface area contributed by atoms with Crippen molar-refractivity contribution >= 4 is 22.9 Å². The lowest BCUT2D eigenvalue weighted by Crippen LogP contribution is -2.62. The molecule has 414 valence electrons. The Kier molecular flexibility index (Phi) is 15.2. The molecule has 13 rings (SSSR count). The fraction of sp³-hybridized carbons (Fsp3) is 0.485. The Labute approximate surface area is 463 Å². The van der Waals surface area contributed by atoms with Gasteiger partial charge in [0.1, 0.15) is 11.3 Å². The molecular weight excluding hydrogens is 993 g/mol. The van der Waals surface area contributed by atoms with Crippen LogP contribution in [-0.4, -0.2) is 65.9 Å². The lowest BCUT2D eigenvalue weighted by Gasteiger charge is -2.54. The predicted molar refractivity (Wildman–Crippen MR) is 302 cm³/mol. The summed E-state index contributed by atoms with van der Waals surface area (Å²) < 4.78 is 33.3. The number of hydrogen-bond acceptors (Lipinski definition) is 11. The number of carbonyl (C=O) groups excluding carboxylic acids is 2. The molecule has 0 amide bonds.